The average Bonchev–Trinajstić information content (AvgIpc) is 2.35. The van der Waals surface area contributed by atoms with Crippen LogP contribution in [-0.4, -0.2) is 37.4 Å². The fourth-order valence-corrected chi connectivity index (χ4v) is 2.25. The van der Waals surface area contributed by atoms with Crippen LogP contribution in [0, 0.1) is 0 Å². The van der Waals surface area contributed by atoms with E-state index >= 15 is 0 Å². The first kappa shape index (κ1) is 16.7. The van der Waals surface area contributed by atoms with E-state index in [1.807, 2.05) is 0 Å². The quantitative estimate of drug-likeness (QED) is 0.266. The Labute approximate surface area is 131 Å². The minimum absolute atomic E-state index is 0.0546. The fraction of sp³-hybridized carbons (Fsp3) is 0.286. The zero-order chi connectivity index (χ0) is 15.3. The van der Waals surface area contributed by atoms with Gasteiger partial charge < -0.3 is 9.64 Å². The van der Waals surface area contributed by atoms with E-state index in [1.165, 1.54) is 6.20 Å². The Kier molecular flexibility index (Phi) is 6.23. The monoisotopic (exact) mass is 359 g/mol. The topological polar surface area (TPSA) is 46.6 Å². The van der Waals surface area contributed by atoms with Crippen LogP contribution in [0.2, 0.25) is 5.02 Å². The maximum absolute atomic E-state index is 12.4. The molecule has 0 fully saturated rings. The number of carbonyl (C=O) groups excluding carboxylic acids is 2. The van der Waals surface area contributed by atoms with Crippen LogP contribution < -0.4 is 0 Å². The van der Waals surface area contributed by atoms with Gasteiger partial charge >= 0.3 is 5.97 Å². The molecule has 108 valence electrons. The highest BCUT2D eigenvalue weighted by Gasteiger charge is 2.23. The van der Waals surface area contributed by atoms with E-state index in [1.54, 1.807) is 44.1 Å². The Morgan fingerprint density at radius 1 is 1.40 bits per heavy atom. The largest absolute Gasteiger partial charge is 0.462 e. The summed E-state index contributed by atoms with van der Waals surface area (Å²) < 4.78 is 5.66. The Hall–Kier alpha value is -1.33. The van der Waals surface area contributed by atoms with Crippen molar-refractivity contribution in [3.8, 4) is 0 Å². The van der Waals surface area contributed by atoms with Gasteiger partial charge in [-0.25, -0.2) is 4.79 Å². The van der Waals surface area contributed by atoms with Crippen molar-refractivity contribution in [1.82, 2.24) is 4.90 Å². The maximum Gasteiger partial charge on any atom is 0.343 e. The smallest absolute Gasteiger partial charge is 0.343 e. The van der Waals surface area contributed by atoms with Crippen molar-refractivity contribution in [2.24, 2.45) is 0 Å². The second-order valence-corrected chi connectivity index (χ2v) is 5.50. The summed E-state index contributed by atoms with van der Waals surface area (Å²) in [6, 6.07) is 4.86. The second-order valence-electron chi connectivity index (χ2n) is 4.18. The molecule has 6 heteroatoms. The number of hydrogen-bond acceptors (Lipinski definition) is 4. The van der Waals surface area contributed by atoms with Crippen molar-refractivity contribution in [2.75, 3.05) is 20.7 Å². The molecule has 1 aromatic rings. The Bertz CT molecular complexity index is 555. The van der Waals surface area contributed by atoms with Crippen LogP contribution in [-0.2, 0) is 9.53 Å². The van der Waals surface area contributed by atoms with E-state index < -0.39 is 11.8 Å². The molecule has 20 heavy (non-hydrogen) atoms. The summed E-state index contributed by atoms with van der Waals surface area (Å²) in [5.74, 6) is -1.13. The number of ether oxygens (including phenoxy) is 1. The predicted octanol–water partition coefficient (Wildman–Crippen LogP) is 3.29. The highest BCUT2D eigenvalue weighted by atomic mass is 79.9. The number of Topliss-reactive ketones (excluding diaryl/α,β-unsaturated/α-hetero) is 1. The van der Waals surface area contributed by atoms with Gasteiger partial charge in [-0.2, -0.15) is 0 Å². The maximum atomic E-state index is 12.4. The number of carbonyl (C=O) groups is 2. The van der Waals surface area contributed by atoms with Gasteiger partial charge in [-0.05, 0) is 25.1 Å². The molecule has 0 N–H and O–H groups in total. The summed E-state index contributed by atoms with van der Waals surface area (Å²) in [6.45, 7) is 1.88. The first-order valence-corrected chi connectivity index (χ1v) is 7.09. The third-order valence-electron chi connectivity index (χ3n) is 2.30. The van der Waals surface area contributed by atoms with Gasteiger partial charge in [0.2, 0.25) is 5.78 Å². The molecule has 0 unspecified atom stereocenters. The molecular formula is C14H15BrClNO3. The fourth-order valence-electron chi connectivity index (χ4n) is 1.49. The van der Waals surface area contributed by atoms with E-state index in [9.17, 15) is 9.59 Å². The summed E-state index contributed by atoms with van der Waals surface area (Å²) in [6.07, 6.45) is 1.43. The summed E-state index contributed by atoms with van der Waals surface area (Å²) in [5, 5.41) is 0.276. The van der Waals surface area contributed by atoms with Crippen molar-refractivity contribution >= 4 is 39.3 Å². The third-order valence-corrected chi connectivity index (χ3v) is 3.11. The zero-order valence-corrected chi connectivity index (χ0v) is 13.8. The van der Waals surface area contributed by atoms with Crippen molar-refractivity contribution in [3.63, 3.8) is 0 Å². The molecule has 0 radical (unpaired) electrons. The molecule has 0 aliphatic heterocycles. The van der Waals surface area contributed by atoms with Crippen molar-refractivity contribution < 1.29 is 14.3 Å². The zero-order valence-electron chi connectivity index (χ0n) is 11.4. The number of esters is 1. The molecule has 0 atom stereocenters. The Morgan fingerprint density at radius 2 is 2.05 bits per heavy atom. The number of ketones is 1. The first-order valence-electron chi connectivity index (χ1n) is 5.92. The molecule has 1 rings (SSSR count). The molecule has 0 spiro atoms. The van der Waals surface area contributed by atoms with Gasteiger partial charge in [0.25, 0.3) is 0 Å². The Balaban J connectivity index is 3.20. The summed E-state index contributed by atoms with van der Waals surface area (Å²) in [5.41, 5.74) is 0.206. The molecule has 4 nitrogen and oxygen atoms in total. The van der Waals surface area contributed by atoms with Gasteiger partial charge in [0.1, 0.15) is 5.57 Å². The van der Waals surface area contributed by atoms with Crippen LogP contribution in [0.15, 0.2) is 34.4 Å². The number of rotatable bonds is 5. The molecule has 0 amide bonds. The first-order chi connectivity index (χ1) is 9.36. The number of nitrogens with zero attached hydrogens (tertiary/aromatic N) is 1. The molecule has 0 aromatic heterocycles. The predicted molar refractivity (Wildman–Crippen MR) is 81.9 cm³/mol. The van der Waals surface area contributed by atoms with Crippen molar-refractivity contribution in [2.45, 2.75) is 6.92 Å². The standard InChI is InChI=1S/C14H15BrClNO3/c1-4-20-14(19)11(8-17(2)3)13(18)10-6-5-9(15)7-12(10)16/h5-8H,4H2,1-3H3/b11-8-. The molecule has 0 bridgehead atoms. The van der Waals surface area contributed by atoms with Crippen LogP contribution in [0.25, 0.3) is 0 Å². The third kappa shape index (κ3) is 4.35. The van der Waals surface area contributed by atoms with Crippen LogP contribution in [0.1, 0.15) is 17.3 Å². The average molecular weight is 361 g/mol. The SMILES string of the molecule is CCOC(=O)/C(=C\N(C)C)C(=O)c1ccc(Br)cc1Cl. The normalized spacial score (nSPS) is 11.2. The lowest BCUT2D eigenvalue weighted by Gasteiger charge is -2.11. The van der Waals surface area contributed by atoms with Gasteiger partial charge in [-0.1, -0.05) is 27.5 Å². The molecule has 0 aliphatic rings. The number of hydrogen-bond donors (Lipinski definition) is 0. The van der Waals surface area contributed by atoms with Gasteiger partial charge in [-0.15, -0.1) is 0 Å². The van der Waals surface area contributed by atoms with E-state index in [2.05, 4.69) is 15.9 Å². The van der Waals surface area contributed by atoms with Crippen molar-refractivity contribution in [3.05, 3.63) is 45.0 Å². The second kappa shape index (κ2) is 7.45. The van der Waals surface area contributed by atoms with Crippen LogP contribution in [0.5, 0.6) is 0 Å². The molecule has 1 aromatic carbocycles. The summed E-state index contributed by atoms with van der Waals surface area (Å²) in [7, 11) is 3.44. The van der Waals surface area contributed by atoms with E-state index in [-0.39, 0.29) is 22.8 Å². The number of halogens is 2. The molecule has 0 saturated carbocycles. The number of benzene rings is 1. The molecule has 0 heterocycles. The highest BCUT2D eigenvalue weighted by molar-refractivity contribution is 9.10. The lowest BCUT2D eigenvalue weighted by molar-refractivity contribution is -0.138. The van der Waals surface area contributed by atoms with Crippen LogP contribution in [0.3, 0.4) is 0 Å². The lowest BCUT2D eigenvalue weighted by atomic mass is 10.0. The Morgan fingerprint density at radius 3 is 2.55 bits per heavy atom. The van der Waals surface area contributed by atoms with E-state index in [0.29, 0.717) is 0 Å². The van der Waals surface area contributed by atoms with Gasteiger partial charge in [-0.3, -0.25) is 4.79 Å². The molecule has 0 saturated heterocycles. The van der Waals surface area contributed by atoms with Crippen LogP contribution in [0.4, 0.5) is 0 Å². The van der Waals surface area contributed by atoms with Gasteiger partial charge in [0, 0.05) is 30.3 Å². The van der Waals surface area contributed by atoms with Gasteiger partial charge in [0.05, 0.1) is 11.6 Å². The van der Waals surface area contributed by atoms with E-state index in [0.717, 1.165) is 4.47 Å². The minimum atomic E-state index is -0.662. The molecule has 0 aliphatic carbocycles. The highest BCUT2D eigenvalue weighted by Crippen LogP contribution is 2.24. The van der Waals surface area contributed by atoms with Crippen LogP contribution >= 0.6 is 27.5 Å². The van der Waals surface area contributed by atoms with E-state index in [4.69, 9.17) is 16.3 Å². The lowest BCUT2D eigenvalue weighted by Crippen LogP contribution is -2.19. The summed E-state index contributed by atoms with van der Waals surface area (Å²) >= 11 is 9.31. The van der Waals surface area contributed by atoms with Gasteiger partial charge in [0.15, 0.2) is 0 Å². The van der Waals surface area contributed by atoms with Crippen molar-refractivity contribution in [1.29, 1.82) is 0 Å². The molecular weight excluding hydrogens is 346 g/mol. The minimum Gasteiger partial charge on any atom is -0.462 e. The summed E-state index contributed by atoms with van der Waals surface area (Å²) in [4.78, 5) is 25.9.